The molecule has 1 N–H and O–H groups in total. The van der Waals surface area contributed by atoms with Crippen LogP contribution < -0.4 is 10.1 Å². The largest absolute Gasteiger partial charge is 0.485 e. The van der Waals surface area contributed by atoms with E-state index in [1.165, 1.54) is 12.1 Å². The Bertz CT molecular complexity index is 603. The maximum atomic E-state index is 13.2. The summed E-state index contributed by atoms with van der Waals surface area (Å²) < 4.78 is 23.9. The number of hydrogen-bond acceptors (Lipinski definition) is 4. The molecule has 0 fully saturated rings. The standard InChI is InChI=1S/C16H21FN2O2/c1-11-5-6-12(17)7-15(11)20-10-14-8-13(19-21-14)9-18-16(2,3)4/h5-8,18H,9-10H2,1-4H3. The third-order valence-corrected chi connectivity index (χ3v) is 2.93. The number of halogens is 1. The second-order valence-corrected chi connectivity index (χ2v) is 6.09. The van der Waals surface area contributed by atoms with Crippen LogP contribution in [0.3, 0.4) is 0 Å². The Morgan fingerprint density at radius 2 is 2.05 bits per heavy atom. The fraction of sp³-hybridized carbons (Fsp3) is 0.438. The van der Waals surface area contributed by atoms with E-state index in [0.717, 1.165) is 11.3 Å². The molecule has 5 heteroatoms. The van der Waals surface area contributed by atoms with Crippen molar-refractivity contribution in [1.82, 2.24) is 10.5 Å². The van der Waals surface area contributed by atoms with Crippen molar-refractivity contribution in [2.24, 2.45) is 0 Å². The lowest BCUT2D eigenvalue weighted by Gasteiger charge is -2.19. The summed E-state index contributed by atoms with van der Waals surface area (Å²) in [5, 5.41) is 7.31. The van der Waals surface area contributed by atoms with Crippen LogP contribution in [0.2, 0.25) is 0 Å². The lowest BCUT2D eigenvalue weighted by Crippen LogP contribution is -2.35. The van der Waals surface area contributed by atoms with E-state index in [1.807, 2.05) is 13.0 Å². The van der Waals surface area contributed by atoms with Gasteiger partial charge in [0.15, 0.2) is 5.76 Å². The SMILES string of the molecule is Cc1ccc(F)cc1OCc1cc(CNC(C)(C)C)no1. The first kappa shape index (κ1) is 15.5. The Morgan fingerprint density at radius 1 is 1.29 bits per heavy atom. The topological polar surface area (TPSA) is 47.3 Å². The van der Waals surface area contributed by atoms with Gasteiger partial charge in [-0.05, 0) is 39.3 Å². The summed E-state index contributed by atoms with van der Waals surface area (Å²) >= 11 is 0. The van der Waals surface area contributed by atoms with Gasteiger partial charge in [-0.25, -0.2) is 4.39 Å². The highest BCUT2D eigenvalue weighted by molar-refractivity contribution is 5.32. The third-order valence-electron chi connectivity index (χ3n) is 2.93. The van der Waals surface area contributed by atoms with Gasteiger partial charge in [0.05, 0.1) is 5.69 Å². The molecule has 0 aliphatic carbocycles. The number of aromatic nitrogens is 1. The van der Waals surface area contributed by atoms with Crippen molar-refractivity contribution in [3.63, 3.8) is 0 Å². The fourth-order valence-corrected chi connectivity index (χ4v) is 1.74. The zero-order valence-corrected chi connectivity index (χ0v) is 12.9. The highest BCUT2D eigenvalue weighted by Gasteiger charge is 2.11. The Kier molecular flexibility index (Phi) is 4.63. The van der Waals surface area contributed by atoms with Gasteiger partial charge in [-0.2, -0.15) is 0 Å². The molecule has 4 nitrogen and oxygen atoms in total. The van der Waals surface area contributed by atoms with Crippen LogP contribution in [0, 0.1) is 12.7 Å². The Balaban J connectivity index is 1.92. The van der Waals surface area contributed by atoms with Crippen molar-refractivity contribution in [2.45, 2.75) is 46.4 Å². The van der Waals surface area contributed by atoms with E-state index < -0.39 is 0 Å². The second-order valence-electron chi connectivity index (χ2n) is 6.09. The van der Waals surface area contributed by atoms with Crippen LogP contribution in [-0.2, 0) is 13.2 Å². The predicted octanol–water partition coefficient (Wildman–Crippen LogP) is 3.59. The first-order valence-corrected chi connectivity index (χ1v) is 6.92. The molecule has 114 valence electrons. The van der Waals surface area contributed by atoms with Crippen LogP contribution in [0.15, 0.2) is 28.8 Å². The van der Waals surface area contributed by atoms with Crippen molar-refractivity contribution in [3.05, 3.63) is 47.1 Å². The summed E-state index contributed by atoms with van der Waals surface area (Å²) in [5.74, 6) is 0.813. The van der Waals surface area contributed by atoms with Gasteiger partial charge in [-0.1, -0.05) is 11.2 Å². The molecule has 0 radical (unpaired) electrons. The van der Waals surface area contributed by atoms with Crippen molar-refractivity contribution >= 4 is 0 Å². The number of hydrogen-bond donors (Lipinski definition) is 1. The highest BCUT2D eigenvalue weighted by Crippen LogP contribution is 2.20. The molecule has 0 spiro atoms. The van der Waals surface area contributed by atoms with Crippen LogP contribution in [0.1, 0.15) is 37.8 Å². The summed E-state index contributed by atoms with van der Waals surface area (Å²) in [6.07, 6.45) is 0. The molecule has 0 bridgehead atoms. The summed E-state index contributed by atoms with van der Waals surface area (Å²) in [4.78, 5) is 0. The maximum absolute atomic E-state index is 13.2. The molecule has 0 atom stereocenters. The molecular formula is C16H21FN2O2. The molecule has 2 rings (SSSR count). The lowest BCUT2D eigenvalue weighted by molar-refractivity contribution is 0.246. The van der Waals surface area contributed by atoms with Crippen LogP contribution in [0.4, 0.5) is 4.39 Å². The van der Waals surface area contributed by atoms with Gasteiger partial charge in [-0.15, -0.1) is 0 Å². The quantitative estimate of drug-likeness (QED) is 0.915. The van der Waals surface area contributed by atoms with Crippen molar-refractivity contribution in [2.75, 3.05) is 0 Å². The Morgan fingerprint density at radius 3 is 2.76 bits per heavy atom. The van der Waals surface area contributed by atoms with Gasteiger partial charge in [-0.3, -0.25) is 0 Å². The van der Waals surface area contributed by atoms with Gasteiger partial charge < -0.3 is 14.6 Å². The second kappa shape index (κ2) is 6.26. The van der Waals surface area contributed by atoms with Gasteiger partial charge in [0, 0.05) is 24.2 Å². The number of ether oxygens (including phenoxy) is 1. The summed E-state index contributed by atoms with van der Waals surface area (Å²) in [5.41, 5.74) is 1.72. The summed E-state index contributed by atoms with van der Waals surface area (Å²) in [6.45, 7) is 8.99. The van der Waals surface area contributed by atoms with Crippen LogP contribution in [0.5, 0.6) is 5.75 Å². The summed E-state index contributed by atoms with van der Waals surface area (Å²) in [6, 6.07) is 6.30. The van der Waals surface area contributed by atoms with Crippen LogP contribution >= 0.6 is 0 Å². The first-order chi connectivity index (χ1) is 9.83. The predicted molar refractivity (Wildman–Crippen MR) is 78.6 cm³/mol. The molecule has 1 aromatic carbocycles. The Hall–Kier alpha value is -1.88. The maximum Gasteiger partial charge on any atom is 0.174 e. The Labute approximate surface area is 124 Å². The molecule has 0 aliphatic heterocycles. The van der Waals surface area contributed by atoms with E-state index in [2.05, 4.69) is 31.2 Å². The highest BCUT2D eigenvalue weighted by atomic mass is 19.1. The zero-order chi connectivity index (χ0) is 15.5. The molecule has 0 saturated heterocycles. The minimum absolute atomic E-state index is 0.0221. The number of benzene rings is 1. The minimum Gasteiger partial charge on any atom is -0.485 e. The van der Waals surface area contributed by atoms with E-state index in [4.69, 9.17) is 9.26 Å². The number of aryl methyl sites for hydroxylation is 1. The van der Waals surface area contributed by atoms with Crippen molar-refractivity contribution in [1.29, 1.82) is 0 Å². The molecule has 1 aromatic heterocycles. The molecule has 21 heavy (non-hydrogen) atoms. The minimum atomic E-state index is -0.316. The summed E-state index contributed by atoms with van der Waals surface area (Å²) in [7, 11) is 0. The molecule has 0 unspecified atom stereocenters. The lowest BCUT2D eigenvalue weighted by atomic mass is 10.1. The van der Waals surface area contributed by atoms with Crippen molar-refractivity contribution in [3.8, 4) is 5.75 Å². The number of nitrogens with zero attached hydrogens (tertiary/aromatic N) is 1. The zero-order valence-electron chi connectivity index (χ0n) is 12.9. The normalized spacial score (nSPS) is 11.7. The van der Waals surface area contributed by atoms with E-state index in [9.17, 15) is 4.39 Å². The van der Waals surface area contributed by atoms with E-state index in [0.29, 0.717) is 18.1 Å². The average Bonchev–Trinajstić information content (AvgIpc) is 2.85. The van der Waals surface area contributed by atoms with E-state index in [-0.39, 0.29) is 18.0 Å². The average molecular weight is 292 g/mol. The number of nitrogens with one attached hydrogen (secondary N) is 1. The monoisotopic (exact) mass is 292 g/mol. The smallest absolute Gasteiger partial charge is 0.174 e. The molecule has 1 heterocycles. The van der Waals surface area contributed by atoms with Crippen LogP contribution in [0.25, 0.3) is 0 Å². The van der Waals surface area contributed by atoms with E-state index in [1.54, 1.807) is 6.07 Å². The molecule has 2 aromatic rings. The van der Waals surface area contributed by atoms with Gasteiger partial charge in [0.2, 0.25) is 0 Å². The van der Waals surface area contributed by atoms with E-state index >= 15 is 0 Å². The fourth-order valence-electron chi connectivity index (χ4n) is 1.74. The molecule has 0 amide bonds. The number of rotatable bonds is 5. The van der Waals surface area contributed by atoms with Gasteiger partial charge in [0.25, 0.3) is 0 Å². The molecular weight excluding hydrogens is 271 g/mol. The molecule has 0 saturated carbocycles. The van der Waals surface area contributed by atoms with Crippen molar-refractivity contribution < 1.29 is 13.7 Å². The van der Waals surface area contributed by atoms with Gasteiger partial charge in [0.1, 0.15) is 18.2 Å². The first-order valence-electron chi connectivity index (χ1n) is 6.92. The van der Waals surface area contributed by atoms with Crippen LogP contribution in [-0.4, -0.2) is 10.7 Å². The van der Waals surface area contributed by atoms with Gasteiger partial charge >= 0.3 is 0 Å². The third kappa shape index (κ3) is 4.86. The molecule has 0 aliphatic rings.